The number of anilines is 1. The Hall–Kier alpha value is -1.78. The molecular formula is C17H17NO2S. The average Bonchev–Trinajstić information content (AvgIpc) is 2.58. The van der Waals surface area contributed by atoms with Gasteiger partial charge in [-0.05, 0) is 37.1 Å². The Labute approximate surface area is 128 Å². The molecule has 0 aromatic heterocycles. The summed E-state index contributed by atoms with van der Waals surface area (Å²) in [6.07, 6.45) is -1.06. The van der Waals surface area contributed by atoms with Crippen LogP contribution in [0, 0.1) is 13.8 Å². The molecule has 4 heteroatoms. The average molecular weight is 299 g/mol. The molecule has 21 heavy (non-hydrogen) atoms. The molecule has 1 aliphatic rings. The lowest BCUT2D eigenvalue weighted by atomic mass is 10.1. The van der Waals surface area contributed by atoms with Crippen LogP contribution in [-0.4, -0.2) is 17.1 Å². The van der Waals surface area contributed by atoms with E-state index in [2.05, 4.69) is 5.32 Å². The number of thioether (sulfide) groups is 1. The van der Waals surface area contributed by atoms with E-state index in [1.807, 2.05) is 56.3 Å². The van der Waals surface area contributed by atoms with Gasteiger partial charge in [0.2, 0.25) is 0 Å². The fraction of sp³-hybridized carbons (Fsp3) is 0.235. The normalized spacial score (nSPS) is 21.4. The highest BCUT2D eigenvalue weighted by molar-refractivity contribution is 7.99. The lowest BCUT2D eigenvalue weighted by Crippen LogP contribution is -2.30. The highest BCUT2D eigenvalue weighted by Gasteiger charge is 2.32. The lowest BCUT2D eigenvalue weighted by molar-refractivity contribution is -0.124. The Bertz CT molecular complexity index is 682. The summed E-state index contributed by atoms with van der Waals surface area (Å²) in [6, 6.07) is 13.8. The van der Waals surface area contributed by atoms with Crippen LogP contribution in [0.25, 0.3) is 0 Å². The Kier molecular flexibility index (Phi) is 3.74. The standard InChI is InChI=1S/C17H17NO2S/c1-10-3-6-12(7-4-10)16-15(19)17(20)18-13-8-5-11(2)9-14(13)21-16/h3-9,15-16,19H,1-2H3,(H,18,20)/t15-,16-/m1/s1. The van der Waals surface area contributed by atoms with Crippen LogP contribution in [0.3, 0.4) is 0 Å². The van der Waals surface area contributed by atoms with Crippen LogP contribution in [0.4, 0.5) is 5.69 Å². The molecule has 1 amide bonds. The van der Waals surface area contributed by atoms with Crippen LogP contribution in [0.5, 0.6) is 0 Å². The van der Waals surface area contributed by atoms with Crippen LogP contribution in [0.1, 0.15) is 21.9 Å². The van der Waals surface area contributed by atoms with Gasteiger partial charge in [-0.3, -0.25) is 4.79 Å². The highest BCUT2D eigenvalue weighted by atomic mass is 32.2. The first-order valence-corrected chi connectivity index (χ1v) is 7.75. The number of fused-ring (bicyclic) bond motifs is 1. The zero-order chi connectivity index (χ0) is 15.0. The van der Waals surface area contributed by atoms with Crippen LogP contribution < -0.4 is 5.32 Å². The van der Waals surface area contributed by atoms with E-state index >= 15 is 0 Å². The molecule has 108 valence electrons. The van der Waals surface area contributed by atoms with Gasteiger partial charge in [0.25, 0.3) is 5.91 Å². The quantitative estimate of drug-likeness (QED) is 0.848. The molecule has 1 aliphatic heterocycles. The van der Waals surface area contributed by atoms with Crippen molar-refractivity contribution in [3.63, 3.8) is 0 Å². The SMILES string of the molecule is Cc1ccc([C@H]2Sc3cc(C)ccc3NC(=O)[C@@H]2O)cc1. The molecule has 2 N–H and O–H groups in total. The van der Waals surface area contributed by atoms with Crippen LogP contribution in [-0.2, 0) is 4.79 Å². The van der Waals surface area contributed by atoms with Crippen molar-refractivity contribution < 1.29 is 9.90 Å². The summed E-state index contributed by atoms with van der Waals surface area (Å²) in [5.41, 5.74) is 4.02. The van der Waals surface area contributed by atoms with Gasteiger partial charge in [0, 0.05) is 4.90 Å². The third-order valence-electron chi connectivity index (χ3n) is 3.61. The maximum atomic E-state index is 12.1. The largest absolute Gasteiger partial charge is 0.382 e. The molecule has 2 aromatic carbocycles. The number of hydrogen-bond acceptors (Lipinski definition) is 3. The van der Waals surface area contributed by atoms with Gasteiger partial charge >= 0.3 is 0 Å². The van der Waals surface area contributed by atoms with E-state index in [0.717, 1.165) is 27.3 Å². The second-order valence-electron chi connectivity index (χ2n) is 5.38. The third-order valence-corrected chi connectivity index (χ3v) is 4.99. The van der Waals surface area contributed by atoms with E-state index in [-0.39, 0.29) is 11.2 Å². The molecule has 3 nitrogen and oxygen atoms in total. The van der Waals surface area contributed by atoms with Gasteiger partial charge in [0.15, 0.2) is 0 Å². The Morgan fingerprint density at radius 3 is 2.43 bits per heavy atom. The third kappa shape index (κ3) is 2.82. The zero-order valence-corrected chi connectivity index (χ0v) is 12.8. The molecular weight excluding hydrogens is 282 g/mol. The van der Waals surface area contributed by atoms with Crippen molar-refractivity contribution in [3.05, 3.63) is 59.2 Å². The summed E-state index contributed by atoms with van der Waals surface area (Å²) in [4.78, 5) is 13.1. The highest BCUT2D eigenvalue weighted by Crippen LogP contribution is 2.44. The fourth-order valence-corrected chi connectivity index (χ4v) is 3.70. The van der Waals surface area contributed by atoms with E-state index in [1.54, 1.807) is 0 Å². The minimum Gasteiger partial charge on any atom is -0.382 e. The zero-order valence-electron chi connectivity index (χ0n) is 12.0. The summed E-state index contributed by atoms with van der Waals surface area (Å²) >= 11 is 1.53. The predicted octanol–water partition coefficient (Wildman–Crippen LogP) is 3.45. The number of carbonyl (C=O) groups is 1. The molecule has 3 rings (SSSR count). The first kappa shape index (κ1) is 14.2. The van der Waals surface area contributed by atoms with Crippen LogP contribution >= 0.6 is 11.8 Å². The van der Waals surface area contributed by atoms with Gasteiger partial charge < -0.3 is 10.4 Å². The van der Waals surface area contributed by atoms with Gasteiger partial charge in [0.1, 0.15) is 6.10 Å². The van der Waals surface area contributed by atoms with Crippen molar-refractivity contribution in [1.29, 1.82) is 0 Å². The number of aliphatic hydroxyl groups excluding tert-OH is 1. The molecule has 0 aliphatic carbocycles. The number of rotatable bonds is 1. The summed E-state index contributed by atoms with van der Waals surface area (Å²) in [5, 5.41) is 12.9. The lowest BCUT2D eigenvalue weighted by Gasteiger charge is -2.19. The Balaban J connectivity index is 2.03. The molecule has 2 aromatic rings. The molecule has 0 unspecified atom stereocenters. The number of aryl methyl sites for hydroxylation is 2. The maximum absolute atomic E-state index is 12.1. The molecule has 0 bridgehead atoms. The monoisotopic (exact) mass is 299 g/mol. The van der Waals surface area contributed by atoms with Crippen molar-refractivity contribution in [3.8, 4) is 0 Å². The van der Waals surface area contributed by atoms with E-state index in [1.165, 1.54) is 11.8 Å². The Morgan fingerprint density at radius 1 is 1.05 bits per heavy atom. The fourth-order valence-electron chi connectivity index (χ4n) is 2.38. The maximum Gasteiger partial charge on any atom is 0.254 e. The second-order valence-corrected chi connectivity index (χ2v) is 6.57. The number of nitrogens with one attached hydrogen (secondary N) is 1. The van der Waals surface area contributed by atoms with Gasteiger partial charge in [-0.25, -0.2) is 0 Å². The van der Waals surface area contributed by atoms with Crippen LogP contribution in [0.15, 0.2) is 47.4 Å². The van der Waals surface area contributed by atoms with Crippen molar-refractivity contribution in [2.24, 2.45) is 0 Å². The van der Waals surface area contributed by atoms with E-state index in [4.69, 9.17) is 0 Å². The predicted molar refractivity (Wildman–Crippen MR) is 85.6 cm³/mol. The molecule has 0 radical (unpaired) electrons. The van der Waals surface area contributed by atoms with Crippen molar-refractivity contribution in [2.45, 2.75) is 30.1 Å². The number of hydrogen-bond donors (Lipinski definition) is 2. The van der Waals surface area contributed by atoms with Crippen molar-refractivity contribution in [1.82, 2.24) is 0 Å². The van der Waals surface area contributed by atoms with Crippen molar-refractivity contribution >= 4 is 23.4 Å². The topological polar surface area (TPSA) is 49.3 Å². The number of carbonyl (C=O) groups excluding carboxylic acids is 1. The molecule has 0 saturated heterocycles. The molecule has 0 spiro atoms. The van der Waals surface area contributed by atoms with Crippen molar-refractivity contribution in [2.75, 3.05) is 5.32 Å². The summed E-state index contributed by atoms with van der Waals surface area (Å²) in [7, 11) is 0. The first-order valence-electron chi connectivity index (χ1n) is 6.87. The molecule has 0 fully saturated rings. The first-order chi connectivity index (χ1) is 10.0. The summed E-state index contributed by atoms with van der Waals surface area (Å²) in [5.74, 6) is -0.351. The van der Waals surface area contributed by atoms with E-state index in [0.29, 0.717) is 0 Å². The smallest absolute Gasteiger partial charge is 0.254 e. The number of benzene rings is 2. The molecule has 0 saturated carbocycles. The summed E-state index contributed by atoms with van der Waals surface area (Å²) in [6.45, 7) is 4.04. The second kappa shape index (κ2) is 5.54. The Morgan fingerprint density at radius 2 is 1.71 bits per heavy atom. The molecule has 1 heterocycles. The molecule has 2 atom stereocenters. The van der Waals surface area contributed by atoms with Gasteiger partial charge in [-0.1, -0.05) is 35.9 Å². The van der Waals surface area contributed by atoms with E-state index < -0.39 is 6.10 Å². The van der Waals surface area contributed by atoms with Gasteiger partial charge in [-0.15, -0.1) is 11.8 Å². The minimum atomic E-state index is -1.06. The van der Waals surface area contributed by atoms with Gasteiger partial charge in [0.05, 0.1) is 10.9 Å². The van der Waals surface area contributed by atoms with Crippen LogP contribution in [0.2, 0.25) is 0 Å². The number of aliphatic hydroxyl groups is 1. The summed E-state index contributed by atoms with van der Waals surface area (Å²) < 4.78 is 0. The van der Waals surface area contributed by atoms with Gasteiger partial charge in [-0.2, -0.15) is 0 Å². The van der Waals surface area contributed by atoms with E-state index in [9.17, 15) is 9.90 Å². The minimum absolute atomic E-state index is 0.298. The number of amides is 1.